The first kappa shape index (κ1) is 14.5. The standard InChI is InChI=1S/C16H26N2OS/c1-3-19-16(8-6-12(2)7-9-16)15-18-14(11-20-15)13-5-4-10-17-13/h11-13,17H,3-10H2,1-2H3/t12?,13-,16?/m0/s1. The smallest absolute Gasteiger partial charge is 0.125 e. The summed E-state index contributed by atoms with van der Waals surface area (Å²) in [6, 6.07) is 0.473. The molecule has 0 amide bonds. The minimum absolute atomic E-state index is 0.0945. The number of hydrogen-bond acceptors (Lipinski definition) is 4. The van der Waals surface area contributed by atoms with Gasteiger partial charge in [-0.25, -0.2) is 4.98 Å². The molecular weight excluding hydrogens is 268 g/mol. The molecule has 0 aromatic carbocycles. The number of nitrogens with one attached hydrogen (secondary N) is 1. The number of ether oxygens (including phenoxy) is 1. The van der Waals surface area contributed by atoms with Gasteiger partial charge in [0.1, 0.15) is 10.6 Å². The molecule has 1 saturated carbocycles. The van der Waals surface area contributed by atoms with E-state index in [-0.39, 0.29) is 5.60 Å². The lowest BCUT2D eigenvalue weighted by molar-refractivity contribution is -0.0777. The van der Waals surface area contributed by atoms with Crippen LogP contribution in [-0.2, 0) is 10.3 Å². The quantitative estimate of drug-likeness (QED) is 0.911. The van der Waals surface area contributed by atoms with E-state index in [0.29, 0.717) is 6.04 Å². The molecule has 1 atom stereocenters. The third-order valence-electron chi connectivity index (χ3n) is 4.83. The number of nitrogens with zero attached hydrogens (tertiary/aromatic N) is 1. The van der Waals surface area contributed by atoms with Gasteiger partial charge in [-0.15, -0.1) is 11.3 Å². The van der Waals surface area contributed by atoms with Crippen LogP contribution in [0, 0.1) is 5.92 Å². The van der Waals surface area contributed by atoms with Crippen LogP contribution >= 0.6 is 11.3 Å². The maximum absolute atomic E-state index is 6.21. The van der Waals surface area contributed by atoms with Gasteiger partial charge in [-0.05, 0) is 57.9 Å². The lowest BCUT2D eigenvalue weighted by Crippen LogP contribution is -2.34. The van der Waals surface area contributed by atoms with E-state index in [4.69, 9.17) is 9.72 Å². The molecule has 0 bridgehead atoms. The van der Waals surface area contributed by atoms with Crippen LogP contribution in [0.3, 0.4) is 0 Å². The highest BCUT2D eigenvalue weighted by Gasteiger charge is 2.39. The van der Waals surface area contributed by atoms with Crippen molar-refractivity contribution in [2.24, 2.45) is 5.92 Å². The van der Waals surface area contributed by atoms with Crippen molar-refractivity contribution in [3.05, 3.63) is 16.1 Å². The van der Waals surface area contributed by atoms with Crippen molar-refractivity contribution in [2.75, 3.05) is 13.2 Å². The highest BCUT2D eigenvalue weighted by Crippen LogP contribution is 2.44. The van der Waals surface area contributed by atoms with Gasteiger partial charge in [0.05, 0.1) is 11.7 Å². The molecule has 112 valence electrons. The molecular formula is C16H26N2OS. The van der Waals surface area contributed by atoms with Gasteiger partial charge in [0.2, 0.25) is 0 Å². The fraction of sp³-hybridized carbons (Fsp3) is 0.812. The first-order valence-corrected chi connectivity index (χ1v) is 8.95. The fourth-order valence-electron chi connectivity index (χ4n) is 3.52. The molecule has 1 aromatic rings. The molecule has 3 nitrogen and oxygen atoms in total. The Labute approximate surface area is 126 Å². The Morgan fingerprint density at radius 3 is 2.85 bits per heavy atom. The van der Waals surface area contributed by atoms with Gasteiger partial charge >= 0.3 is 0 Å². The minimum atomic E-state index is -0.0945. The average Bonchev–Trinajstić information content (AvgIpc) is 3.12. The lowest BCUT2D eigenvalue weighted by Gasteiger charge is -2.37. The molecule has 1 aliphatic heterocycles. The Bertz CT molecular complexity index is 431. The number of thiazole rings is 1. The molecule has 0 unspecified atom stereocenters. The first-order valence-electron chi connectivity index (χ1n) is 8.07. The summed E-state index contributed by atoms with van der Waals surface area (Å²) in [7, 11) is 0. The van der Waals surface area contributed by atoms with Gasteiger partial charge in [0.15, 0.2) is 0 Å². The highest BCUT2D eigenvalue weighted by atomic mass is 32.1. The van der Waals surface area contributed by atoms with E-state index in [9.17, 15) is 0 Å². The molecule has 4 heteroatoms. The summed E-state index contributed by atoms with van der Waals surface area (Å²) >= 11 is 1.81. The number of aromatic nitrogens is 1. The zero-order valence-corrected chi connectivity index (χ0v) is 13.5. The van der Waals surface area contributed by atoms with Gasteiger partial charge in [-0.2, -0.15) is 0 Å². The summed E-state index contributed by atoms with van der Waals surface area (Å²) in [6.45, 7) is 6.37. The topological polar surface area (TPSA) is 34.1 Å². The first-order chi connectivity index (χ1) is 9.73. The Morgan fingerprint density at radius 2 is 2.20 bits per heavy atom. The van der Waals surface area contributed by atoms with E-state index in [1.165, 1.54) is 36.4 Å². The highest BCUT2D eigenvalue weighted by molar-refractivity contribution is 7.09. The lowest BCUT2D eigenvalue weighted by atomic mass is 9.79. The molecule has 3 rings (SSSR count). The van der Waals surface area contributed by atoms with E-state index in [2.05, 4.69) is 24.5 Å². The molecule has 20 heavy (non-hydrogen) atoms. The van der Waals surface area contributed by atoms with Crippen molar-refractivity contribution in [2.45, 2.75) is 64.0 Å². The van der Waals surface area contributed by atoms with Crippen molar-refractivity contribution in [3.63, 3.8) is 0 Å². The van der Waals surface area contributed by atoms with E-state index >= 15 is 0 Å². The minimum Gasteiger partial charge on any atom is -0.368 e. The van der Waals surface area contributed by atoms with Crippen LogP contribution in [0.5, 0.6) is 0 Å². The molecule has 1 saturated heterocycles. The second-order valence-corrected chi connectivity index (χ2v) is 7.19. The summed E-state index contributed by atoms with van der Waals surface area (Å²) in [5, 5.41) is 7.01. The Morgan fingerprint density at radius 1 is 1.40 bits per heavy atom. The van der Waals surface area contributed by atoms with Crippen molar-refractivity contribution < 1.29 is 4.74 Å². The second kappa shape index (κ2) is 6.12. The average molecular weight is 294 g/mol. The summed E-state index contributed by atoms with van der Waals surface area (Å²) in [6.07, 6.45) is 7.28. The Kier molecular flexibility index (Phi) is 4.43. The Balaban J connectivity index is 1.80. The molecule has 1 aliphatic carbocycles. The van der Waals surface area contributed by atoms with Gasteiger partial charge < -0.3 is 10.1 Å². The van der Waals surface area contributed by atoms with E-state index in [0.717, 1.165) is 31.9 Å². The van der Waals surface area contributed by atoms with Crippen molar-refractivity contribution >= 4 is 11.3 Å². The zero-order valence-electron chi connectivity index (χ0n) is 12.7. The van der Waals surface area contributed by atoms with Crippen LogP contribution in [0.1, 0.15) is 69.1 Å². The normalized spacial score (nSPS) is 34.5. The van der Waals surface area contributed by atoms with E-state index < -0.39 is 0 Å². The van der Waals surface area contributed by atoms with Gasteiger partial charge in [-0.1, -0.05) is 6.92 Å². The van der Waals surface area contributed by atoms with Crippen LogP contribution in [0.25, 0.3) is 0 Å². The van der Waals surface area contributed by atoms with Gasteiger partial charge in [0, 0.05) is 12.0 Å². The summed E-state index contributed by atoms with van der Waals surface area (Å²) < 4.78 is 6.21. The molecule has 2 heterocycles. The van der Waals surface area contributed by atoms with Crippen LogP contribution in [0.2, 0.25) is 0 Å². The van der Waals surface area contributed by atoms with E-state index in [1.54, 1.807) is 11.3 Å². The zero-order chi connectivity index (χ0) is 14.0. The third-order valence-corrected chi connectivity index (χ3v) is 5.88. The number of rotatable bonds is 4. The molecule has 1 N–H and O–H groups in total. The van der Waals surface area contributed by atoms with Crippen molar-refractivity contribution in [1.29, 1.82) is 0 Å². The van der Waals surface area contributed by atoms with Crippen LogP contribution in [-0.4, -0.2) is 18.1 Å². The van der Waals surface area contributed by atoms with E-state index in [1.807, 2.05) is 0 Å². The number of hydrogen-bond donors (Lipinski definition) is 1. The van der Waals surface area contributed by atoms with Crippen molar-refractivity contribution in [1.82, 2.24) is 10.3 Å². The maximum Gasteiger partial charge on any atom is 0.125 e. The van der Waals surface area contributed by atoms with Crippen molar-refractivity contribution in [3.8, 4) is 0 Å². The van der Waals surface area contributed by atoms with Crippen LogP contribution in [0.15, 0.2) is 5.38 Å². The van der Waals surface area contributed by atoms with Crippen LogP contribution < -0.4 is 5.32 Å². The third kappa shape index (κ3) is 2.78. The summed E-state index contributed by atoms with van der Waals surface area (Å²) in [4.78, 5) is 4.96. The molecule has 0 radical (unpaired) electrons. The van der Waals surface area contributed by atoms with Crippen LogP contribution in [0.4, 0.5) is 0 Å². The Hall–Kier alpha value is -0.450. The second-order valence-electron chi connectivity index (χ2n) is 6.34. The largest absolute Gasteiger partial charge is 0.368 e. The molecule has 0 spiro atoms. The summed E-state index contributed by atoms with van der Waals surface area (Å²) in [5.74, 6) is 0.833. The van der Waals surface area contributed by atoms with Gasteiger partial charge in [-0.3, -0.25) is 0 Å². The molecule has 2 aliphatic rings. The molecule has 2 fully saturated rings. The maximum atomic E-state index is 6.21. The fourth-order valence-corrected chi connectivity index (χ4v) is 4.60. The predicted octanol–water partition coefficient (Wildman–Crippen LogP) is 4.01. The monoisotopic (exact) mass is 294 g/mol. The summed E-state index contributed by atoms with van der Waals surface area (Å²) in [5.41, 5.74) is 1.14. The van der Waals surface area contributed by atoms with Gasteiger partial charge in [0.25, 0.3) is 0 Å². The SMILES string of the molecule is CCOC1(c2nc([C@@H]3CCCN3)cs2)CCC(C)CC1. The molecule has 1 aromatic heterocycles. The predicted molar refractivity (Wildman–Crippen MR) is 83.0 cm³/mol.